The maximum absolute atomic E-state index is 9.69. The Kier molecular flexibility index (Phi) is 3.82. The molecule has 0 bridgehead atoms. The smallest absolute Gasteiger partial charge is 0.179 e. The van der Waals surface area contributed by atoms with Gasteiger partial charge >= 0.3 is 0 Å². The van der Waals surface area contributed by atoms with Gasteiger partial charge in [-0.1, -0.05) is 11.6 Å². The van der Waals surface area contributed by atoms with Crippen LogP contribution in [0.4, 0.5) is 0 Å². The minimum absolute atomic E-state index is 0.207. The van der Waals surface area contributed by atoms with Gasteiger partial charge in [0.1, 0.15) is 13.2 Å². The van der Waals surface area contributed by atoms with Crippen molar-refractivity contribution in [3.63, 3.8) is 0 Å². The number of β-amino-alcohol motifs (C(OH)–C–C–N with tert-alkyl or cyclic N) is 1. The number of piperidine rings is 1. The van der Waals surface area contributed by atoms with Crippen LogP contribution in [0.15, 0.2) is 12.1 Å². The molecule has 5 heteroatoms. The Morgan fingerprint density at radius 2 is 2.16 bits per heavy atom. The Bertz CT molecular complexity index is 466. The molecule has 1 saturated heterocycles. The number of hydrogen-bond acceptors (Lipinski definition) is 4. The number of halogens is 1. The second-order valence-corrected chi connectivity index (χ2v) is 5.54. The molecule has 4 nitrogen and oxygen atoms in total. The summed E-state index contributed by atoms with van der Waals surface area (Å²) >= 11 is 6.22. The van der Waals surface area contributed by atoms with Crippen molar-refractivity contribution in [3.05, 3.63) is 22.7 Å². The molecule has 2 aliphatic rings. The maximum atomic E-state index is 9.69. The van der Waals surface area contributed by atoms with Crippen molar-refractivity contribution in [1.82, 2.24) is 4.90 Å². The molecule has 0 unspecified atom stereocenters. The van der Waals surface area contributed by atoms with E-state index in [1.807, 2.05) is 12.1 Å². The molecule has 0 aromatic heterocycles. The normalized spacial score (nSPS) is 23.4. The Labute approximate surface area is 117 Å². The van der Waals surface area contributed by atoms with Crippen molar-refractivity contribution in [1.29, 1.82) is 0 Å². The third-order valence-electron chi connectivity index (χ3n) is 3.54. The number of nitrogens with zero attached hydrogens (tertiary/aromatic N) is 1. The van der Waals surface area contributed by atoms with Crippen LogP contribution < -0.4 is 9.47 Å². The average Bonchev–Trinajstić information content (AvgIpc) is 2.39. The van der Waals surface area contributed by atoms with Crippen LogP contribution in [0.1, 0.15) is 18.4 Å². The van der Waals surface area contributed by atoms with Crippen molar-refractivity contribution in [2.75, 3.05) is 26.3 Å². The molecule has 0 amide bonds. The van der Waals surface area contributed by atoms with E-state index in [0.29, 0.717) is 24.0 Å². The molecule has 1 aromatic carbocycles. The van der Waals surface area contributed by atoms with Gasteiger partial charge in [0.2, 0.25) is 0 Å². The summed E-state index contributed by atoms with van der Waals surface area (Å²) in [6.45, 7) is 3.64. The molecule has 0 saturated carbocycles. The third kappa shape index (κ3) is 2.96. The molecule has 3 rings (SSSR count). The Hall–Kier alpha value is -0.970. The zero-order valence-electron chi connectivity index (χ0n) is 10.8. The number of rotatable bonds is 2. The van der Waals surface area contributed by atoms with E-state index < -0.39 is 0 Å². The van der Waals surface area contributed by atoms with Crippen LogP contribution in [0.25, 0.3) is 0 Å². The lowest BCUT2D eigenvalue weighted by molar-refractivity contribution is 0.0667. The fourth-order valence-corrected chi connectivity index (χ4v) is 2.98. The lowest BCUT2D eigenvalue weighted by Crippen LogP contribution is -2.37. The molecule has 1 fully saturated rings. The highest BCUT2D eigenvalue weighted by Crippen LogP contribution is 2.38. The summed E-state index contributed by atoms with van der Waals surface area (Å²) in [4.78, 5) is 2.25. The second kappa shape index (κ2) is 5.57. The van der Waals surface area contributed by atoms with Crippen molar-refractivity contribution in [3.8, 4) is 11.5 Å². The van der Waals surface area contributed by atoms with Crippen LogP contribution in [-0.2, 0) is 6.54 Å². The van der Waals surface area contributed by atoms with Gasteiger partial charge in [-0.05, 0) is 37.1 Å². The van der Waals surface area contributed by atoms with Gasteiger partial charge in [0.25, 0.3) is 0 Å². The van der Waals surface area contributed by atoms with Crippen LogP contribution in [-0.4, -0.2) is 42.4 Å². The van der Waals surface area contributed by atoms with E-state index in [1.54, 1.807) is 0 Å². The Balaban J connectivity index is 1.76. The first-order chi connectivity index (χ1) is 9.22. The summed E-state index contributed by atoms with van der Waals surface area (Å²) in [5.41, 5.74) is 1.10. The summed E-state index contributed by atoms with van der Waals surface area (Å²) in [5.74, 6) is 1.38. The zero-order valence-corrected chi connectivity index (χ0v) is 11.5. The molecule has 1 atom stereocenters. The first kappa shape index (κ1) is 13.0. The number of aliphatic hydroxyl groups excluding tert-OH is 1. The zero-order chi connectivity index (χ0) is 13.2. The maximum Gasteiger partial charge on any atom is 0.179 e. The third-order valence-corrected chi connectivity index (χ3v) is 3.82. The van der Waals surface area contributed by atoms with E-state index in [2.05, 4.69) is 4.90 Å². The standard InChI is InChI=1S/C14H18ClNO3/c15-12-6-10(7-13-14(12)19-5-4-18-13)8-16-3-1-2-11(17)9-16/h6-7,11,17H,1-5,8-9H2/t11-/m0/s1. The van der Waals surface area contributed by atoms with Gasteiger partial charge in [0.15, 0.2) is 11.5 Å². The minimum Gasteiger partial charge on any atom is -0.486 e. The van der Waals surface area contributed by atoms with E-state index in [1.165, 1.54) is 0 Å². The summed E-state index contributed by atoms with van der Waals surface area (Å²) in [6.07, 6.45) is 1.74. The monoisotopic (exact) mass is 283 g/mol. The fourth-order valence-electron chi connectivity index (χ4n) is 2.69. The molecule has 1 aromatic rings. The van der Waals surface area contributed by atoms with Gasteiger partial charge in [0, 0.05) is 13.1 Å². The van der Waals surface area contributed by atoms with Crippen LogP contribution in [0.2, 0.25) is 5.02 Å². The molecule has 0 spiro atoms. The van der Waals surface area contributed by atoms with Gasteiger partial charge in [-0.3, -0.25) is 4.90 Å². The number of hydrogen-bond donors (Lipinski definition) is 1. The van der Waals surface area contributed by atoms with E-state index >= 15 is 0 Å². The van der Waals surface area contributed by atoms with E-state index in [-0.39, 0.29) is 6.10 Å². The number of ether oxygens (including phenoxy) is 2. The van der Waals surface area contributed by atoms with Gasteiger partial charge < -0.3 is 14.6 Å². The Morgan fingerprint density at radius 1 is 1.32 bits per heavy atom. The molecule has 0 aliphatic carbocycles. The summed E-state index contributed by atoms with van der Waals surface area (Å²) < 4.78 is 11.1. The summed E-state index contributed by atoms with van der Waals surface area (Å²) in [5, 5.41) is 10.3. The topological polar surface area (TPSA) is 41.9 Å². The lowest BCUT2D eigenvalue weighted by Gasteiger charge is -2.30. The van der Waals surface area contributed by atoms with Crippen molar-refractivity contribution < 1.29 is 14.6 Å². The highest BCUT2D eigenvalue weighted by molar-refractivity contribution is 6.32. The first-order valence-corrected chi connectivity index (χ1v) is 7.08. The van der Waals surface area contributed by atoms with Crippen LogP contribution in [0.3, 0.4) is 0 Å². The number of fused-ring (bicyclic) bond motifs is 1. The summed E-state index contributed by atoms with van der Waals surface area (Å²) in [6, 6.07) is 3.91. The predicted octanol–water partition coefficient (Wildman–Crippen LogP) is 2.07. The van der Waals surface area contributed by atoms with E-state index in [4.69, 9.17) is 21.1 Å². The molecule has 0 radical (unpaired) electrons. The van der Waals surface area contributed by atoms with Crippen LogP contribution >= 0.6 is 11.6 Å². The molecule has 1 N–H and O–H groups in total. The SMILES string of the molecule is O[C@H]1CCCN(Cc2cc(Cl)c3c(c2)OCCO3)C1. The number of benzene rings is 1. The van der Waals surface area contributed by atoms with Crippen molar-refractivity contribution in [2.45, 2.75) is 25.5 Å². The van der Waals surface area contributed by atoms with Gasteiger partial charge in [0.05, 0.1) is 11.1 Å². The van der Waals surface area contributed by atoms with Gasteiger partial charge in [-0.25, -0.2) is 0 Å². The minimum atomic E-state index is -0.207. The van der Waals surface area contributed by atoms with Crippen molar-refractivity contribution >= 4 is 11.6 Å². The summed E-state index contributed by atoms with van der Waals surface area (Å²) in [7, 11) is 0. The van der Waals surface area contributed by atoms with E-state index in [0.717, 1.165) is 43.8 Å². The second-order valence-electron chi connectivity index (χ2n) is 5.13. The van der Waals surface area contributed by atoms with Crippen LogP contribution in [0, 0.1) is 0 Å². The molecule has 2 heterocycles. The quantitative estimate of drug-likeness (QED) is 0.902. The molecular formula is C14H18ClNO3. The molecule has 19 heavy (non-hydrogen) atoms. The fraction of sp³-hybridized carbons (Fsp3) is 0.571. The van der Waals surface area contributed by atoms with Crippen molar-refractivity contribution in [2.24, 2.45) is 0 Å². The van der Waals surface area contributed by atoms with E-state index in [9.17, 15) is 5.11 Å². The Morgan fingerprint density at radius 3 is 3.00 bits per heavy atom. The highest BCUT2D eigenvalue weighted by Gasteiger charge is 2.20. The predicted molar refractivity (Wildman–Crippen MR) is 73.0 cm³/mol. The highest BCUT2D eigenvalue weighted by atomic mass is 35.5. The average molecular weight is 284 g/mol. The molecular weight excluding hydrogens is 266 g/mol. The lowest BCUT2D eigenvalue weighted by atomic mass is 10.1. The molecule has 2 aliphatic heterocycles. The number of aliphatic hydroxyl groups is 1. The van der Waals surface area contributed by atoms with Crippen LogP contribution in [0.5, 0.6) is 11.5 Å². The van der Waals surface area contributed by atoms with Gasteiger partial charge in [-0.15, -0.1) is 0 Å². The van der Waals surface area contributed by atoms with Gasteiger partial charge in [-0.2, -0.15) is 0 Å². The first-order valence-electron chi connectivity index (χ1n) is 6.71. The largest absolute Gasteiger partial charge is 0.486 e. The molecule has 104 valence electrons. The number of likely N-dealkylation sites (tertiary alicyclic amines) is 1.